The highest BCUT2D eigenvalue weighted by Gasteiger charge is 2.17. The fourth-order valence-corrected chi connectivity index (χ4v) is 1.71. The van der Waals surface area contributed by atoms with Crippen molar-refractivity contribution in [3.8, 4) is 11.5 Å². The molecule has 1 heterocycles. The van der Waals surface area contributed by atoms with Gasteiger partial charge in [0.1, 0.15) is 6.61 Å². The molecular formula is C13H18N4O4. The lowest BCUT2D eigenvalue weighted by molar-refractivity contribution is -0.0687. The molecule has 0 bridgehead atoms. The quantitative estimate of drug-likeness (QED) is 0.435. The van der Waals surface area contributed by atoms with Gasteiger partial charge in [-0.1, -0.05) is 0 Å². The summed E-state index contributed by atoms with van der Waals surface area (Å²) < 4.78 is 21.5. The van der Waals surface area contributed by atoms with Gasteiger partial charge in [0.15, 0.2) is 17.8 Å². The maximum Gasteiger partial charge on any atom is 0.211 e. The van der Waals surface area contributed by atoms with E-state index in [1.54, 1.807) is 25.3 Å². The monoisotopic (exact) mass is 294 g/mol. The number of nitrogens with two attached hydrogens (primary N) is 2. The first-order valence-electron chi connectivity index (χ1n) is 6.35. The Morgan fingerprint density at radius 2 is 2.10 bits per heavy atom. The average molecular weight is 294 g/mol. The molecule has 1 aliphatic heterocycles. The van der Waals surface area contributed by atoms with Crippen LogP contribution in [0.1, 0.15) is 5.56 Å². The number of ether oxygens (including phenoxy) is 4. The Bertz CT molecular complexity index is 523. The predicted molar refractivity (Wildman–Crippen MR) is 77.6 cm³/mol. The average Bonchev–Trinajstić information content (AvgIpc) is 2.98. The van der Waals surface area contributed by atoms with Crippen LogP contribution < -0.4 is 20.9 Å². The third-order valence-corrected chi connectivity index (χ3v) is 2.63. The van der Waals surface area contributed by atoms with Crippen LogP contribution in [-0.2, 0) is 9.47 Å². The van der Waals surface area contributed by atoms with Gasteiger partial charge >= 0.3 is 0 Å². The van der Waals surface area contributed by atoms with Gasteiger partial charge in [0.2, 0.25) is 5.96 Å². The van der Waals surface area contributed by atoms with Crippen LogP contribution in [0.25, 0.3) is 0 Å². The van der Waals surface area contributed by atoms with Gasteiger partial charge < -0.3 is 30.4 Å². The molecule has 0 aromatic heterocycles. The zero-order chi connectivity index (χ0) is 15.1. The lowest BCUT2D eigenvalue weighted by Gasteiger charge is -2.14. The second kappa shape index (κ2) is 7.46. The number of nitrogens with zero attached hydrogens (tertiary/aromatic N) is 2. The standard InChI is InChI=1S/C13H18N4O4/c1-18-10-3-2-9(7-16-17-13(14)15)6-11(10)21-8-12-19-4-5-20-12/h2-3,6-7,12H,4-5,8H2,1H3,(H4,14,15,17). The molecule has 0 saturated carbocycles. The van der Waals surface area contributed by atoms with Gasteiger partial charge in [0.05, 0.1) is 26.5 Å². The van der Waals surface area contributed by atoms with Gasteiger partial charge in [-0.25, -0.2) is 0 Å². The molecule has 2 rings (SSSR count). The zero-order valence-electron chi connectivity index (χ0n) is 11.7. The van der Waals surface area contributed by atoms with E-state index in [-0.39, 0.29) is 18.9 Å². The molecule has 0 unspecified atom stereocenters. The molecule has 1 saturated heterocycles. The summed E-state index contributed by atoms with van der Waals surface area (Å²) in [4.78, 5) is 0. The van der Waals surface area contributed by atoms with Gasteiger partial charge in [-0.05, 0) is 23.8 Å². The Labute approximate surface area is 122 Å². The van der Waals surface area contributed by atoms with E-state index in [1.807, 2.05) is 0 Å². The van der Waals surface area contributed by atoms with Crippen LogP contribution in [0.15, 0.2) is 28.4 Å². The minimum atomic E-state index is -0.353. The first-order valence-corrected chi connectivity index (χ1v) is 6.35. The van der Waals surface area contributed by atoms with Crippen LogP contribution in [0.5, 0.6) is 11.5 Å². The Morgan fingerprint density at radius 1 is 1.33 bits per heavy atom. The molecule has 0 radical (unpaired) electrons. The predicted octanol–water partition coefficient (Wildman–Crippen LogP) is 0.0542. The Balaban J connectivity index is 2.05. The molecule has 0 aliphatic carbocycles. The highest BCUT2D eigenvalue weighted by atomic mass is 16.7. The summed E-state index contributed by atoms with van der Waals surface area (Å²) in [6.45, 7) is 1.44. The fourth-order valence-electron chi connectivity index (χ4n) is 1.71. The van der Waals surface area contributed by atoms with Crippen molar-refractivity contribution in [2.75, 3.05) is 26.9 Å². The molecule has 8 heteroatoms. The van der Waals surface area contributed by atoms with E-state index in [9.17, 15) is 0 Å². The summed E-state index contributed by atoms with van der Waals surface area (Å²) in [5.41, 5.74) is 11.2. The molecule has 1 aromatic rings. The third kappa shape index (κ3) is 4.62. The molecule has 1 aliphatic rings. The molecule has 1 fully saturated rings. The first-order chi connectivity index (χ1) is 10.2. The van der Waals surface area contributed by atoms with Crippen molar-refractivity contribution < 1.29 is 18.9 Å². The molecule has 8 nitrogen and oxygen atoms in total. The topological polar surface area (TPSA) is 114 Å². The molecule has 1 aromatic carbocycles. The van der Waals surface area contributed by atoms with Crippen molar-refractivity contribution in [1.29, 1.82) is 0 Å². The normalized spacial score (nSPS) is 15.3. The van der Waals surface area contributed by atoms with E-state index in [0.29, 0.717) is 24.7 Å². The molecule has 21 heavy (non-hydrogen) atoms. The Morgan fingerprint density at radius 3 is 2.76 bits per heavy atom. The Kier molecular flexibility index (Phi) is 5.35. The van der Waals surface area contributed by atoms with Gasteiger partial charge in [0.25, 0.3) is 0 Å². The number of guanidine groups is 1. The van der Waals surface area contributed by atoms with E-state index in [0.717, 1.165) is 5.56 Å². The molecule has 0 amide bonds. The highest BCUT2D eigenvalue weighted by molar-refractivity contribution is 5.82. The summed E-state index contributed by atoms with van der Waals surface area (Å²) in [5, 5.41) is 7.27. The van der Waals surface area contributed by atoms with Crippen LogP contribution in [0.2, 0.25) is 0 Å². The Hall–Kier alpha value is -2.32. The van der Waals surface area contributed by atoms with Crippen molar-refractivity contribution in [1.82, 2.24) is 0 Å². The lowest BCUT2D eigenvalue weighted by atomic mass is 10.2. The molecule has 4 N–H and O–H groups in total. The van der Waals surface area contributed by atoms with Crippen molar-refractivity contribution in [2.24, 2.45) is 21.7 Å². The molecule has 0 spiro atoms. The van der Waals surface area contributed by atoms with E-state index >= 15 is 0 Å². The third-order valence-electron chi connectivity index (χ3n) is 2.63. The summed E-state index contributed by atoms with van der Waals surface area (Å²) in [6.07, 6.45) is 1.16. The molecule has 0 atom stereocenters. The number of hydrogen-bond acceptors (Lipinski definition) is 6. The minimum Gasteiger partial charge on any atom is -0.493 e. The number of benzene rings is 1. The number of hydrogen-bond donors (Lipinski definition) is 2. The highest BCUT2D eigenvalue weighted by Crippen LogP contribution is 2.28. The van der Waals surface area contributed by atoms with E-state index < -0.39 is 0 Å². The van der Waals surface area contributed by atoms with Crippen molar-refractivity contribution >= 4 is 12.2 Å². The van der Waals surface area contributed by atoms with E-state index in [4.69, 9.17) is 30.4 Å². The smallest absolute Gasteiger partial charge is 0.211 e. The van der Waals surface area contributed by atoms with Crippen LogP contribution in [-0.4, -0.2) is 45.4 Å². The largest absolute Gasteiger partial charge is 0.493 e. The van der Waals surface area contributed by atoms with Crippen molar-refractivity contribution in [2.45, 2.75) is 6.29 Å². The van der Waals surface area contributed by atoms with Crippen LogP contribution in [0, 0.1) is 0 Å². The lowest BCUT2D eigenvalue weighted by Crippen LogP contribution is -2.21. The SMILES string of the molecule is COc1ccc(C=NN=C(N)N)cc1OCC1OCCO1. The van der Waals surface area contributed by atoms with Crippen LogP contribution >= 0.6 is 0 Å². The van der Waals surface area contributed by atoms with Crippen molar-refractivity contribution in [3.63, 3.8) is 0 Å². The number of rotatable bonds is 6. The maximum atomic E-state index is 5.66. The second-order valence-electron chi connectivity index (χ2n) is 4.16. The van der Waals surface area contributed by atoms with Gasteiger partial charge in [-0.3, -0.25) is 0 Å². The van der Waals surface area contributed by atoms with Gasteiger partial charge in [-0.2, -0.15) is 5.10 Å². The first kappa shape index (κ1) is 15.1. The molecular weight excluding hydrogens is 276 g/mol. The fraction of sp³-hybridized carbons (Fsp3) is 0.385. The summed E-state index contributed by atoms with van der Waals surface area (Å²) >= 11 is 0. The van der Waals surface area contributed by atoms with Gasteiger partial charge in [-0.15, -0.1) is 5.10 Å². The van der Waals surface area contributed by atoms with Crippen molar-refractivity contribution in [3.05, 3.63) is 23.8 Å². The van der Waals surface area contributed by atoms with E-state index in [1.165, 1.54) is 6.21 Å². The van der Waals surface area contributed by atoms with E-state index in [2.05, 4.69) is 10.2 Å². The zero-order valence-corrected chi connectivity index (χ0v) is 11.7. The molecule has 114 valence electrons. The van der Waals surface area contributed by atoms with Gasteiger partial charge in [0, 0.05) is 0 Å². The van der Waals surface area contributed by atoms with Crippen LogP contribution in [0.3, 0.4) is 0 Å². The summed E-state index contributed by atoms with van der Waals surface area (Å²) in [6, 6.07) is 5.34. The van der Waals surface area contributed by atoms with Crippen LogP contribution in [0.4, 0.5) is 0 Å². The maximum absolute atomic E-state index is 5.66. The summed E-state index contributed by atoms with van der Waals surface area (Å²) in [5.74, 6) is 1.06. The number of methoxy groups -OCH3 is 1. The second-order valence-corrected chi connectivity index (χ2v) is 4.16. The summed E-state index contributed by atoms with van der Waals surface area (Å²) in [7, 11) is 1.57. The minimum absolute atomic E-state index is 0.105.